The molecule has 1 aliphatic heterocycles. The highest BCUT2D eigenvalue weighted by atomic mass is 19.1. The molecule has 1 unspecified atom stereocenters. The lowest BCUT2D eigenvalue weighted by Crippen LogP contribution is -1.99. The zero-order chi connectivity index (χ0) is 15.7. The molecule has 112 valence electrons. The van der Waals surface area contributed by atoms with E-state index in [0.29, 0.717) is 5.56 Å². The van der Waals surface area contributed by atoms with E-state index in [4.69, 9.17) is 0 Å². The molecular formula is C19H17F2N. The summed E-state index contributed by atoms with van der Waals surface area (Å²) < 4.78 is 27.0. The zero-order valence-electron chi connectivity index (χ0n) is 12.5. The van der Waals surface area contributed by atoms with E-state index in [1.165, 1.54) is 12.1 Å². The average molecular weight is 297 g/mol. The number of fused-ring (bicyclic) bond motifs is 1. The van der Waals surface area contributed by atoms with Crippen LogP contribution in [-0.2, 0) is 0 Å². The van der Waals surface area contributed by atoms with Gasteiger partial charge in [-0.25, -0.2) is 8.78 Å². The van der Waals surface area contributed by atoms with Crippen LogP contribution >= 0.6 is 0 Å². The van der Waals surface area contributed by atoms with E-state index in [0.717, 1.165) is 28.6 Å². The molecule has 2 aromatic rings. The first-order chi connectivity index (χ1) is 10.6. The fourth-order valence-corrected chi connectivity index (χ4v) is 2.61. The minimum absolute atomic E-state index is 0.113. The molecule has 0 saturated carbocycles. The third-order valence-corrected chi connectivity index (χ3v) is 3.88. The van der Waals surface area contributed by atoms with E-state index < -0.39 is 11.6 Å². The van der Waals surface area contributed by atoms with Crippen molar-refractivity contribution in [3.05, 3.63) is 77.4 Å². The van der Waals surface area contributed by atoms with Crippen LogP contribution in [0.25, 0.3) is 5.57 Å². The SMILES string of the molecule is C/C=C\C=C(\c1ccc2c(c1)N2)C(C)c1cc(F)cc(F)c1. The third kappa shape index (κ3) is 2.93. The quantitative estimate of drug-likeness (QED) is 0.478. The molecule has 0 aromatic heterocycles. The predicted octanol–water partition coefficient (Wildman–Crippen LogP) is 5.79. The van der Waals surface area contributed by atoms with Gasteiger partial charge >= 0.3 is 0 Å². The second kappa shape index (κ2) is 5.76. The standard InChI is InChI=1S/C19H17F2N/c1-3-4-5-17(13-6-7-18-19(10-13)22-18)12(2)14-8-15(20)11-16(21)9-14/h3-12,22H,1-2H3/b4-3-,17-5+. The molecule has 0 aliphatic carbocycles. The monoisotopic (exact) mass is 297 g/mol. The first-order valence-electron chi connectivity index (χ1n) is 7.29. The van der Waals surface area contributed by atoms with Crippen LogP contribution in [0.2, 0.25) is 0 Å². The Hall–Kier alpha value is -2.42. The molecule has 0 spiro atoms. The third-order valence-electron chi connectivity index (χ3n) is 3.88. The van der Waals surface area contributed by atoms with E-state index in [9.17, 15) is 8.78 Å². The maximum absolute atomic E-state index is 13.5. The van der Waals surface area contributed by atoms with E-state index in [1.807, 2.05) is 44.2 Å². The lowest BCUT2D eigenvalue weighted by molar-refractivity contribution is 0.579. The van der Waals surface area contributed by atoms with E-state index in [-0.39, 0.29) is 5.92 Å². The molecule has 2 aromatic carbocycles. The van der Waals surface area contributed by atoms with E-state index in [2.05, 4.69) is 11.4 Å². The second-order valence-electron chi connectivity index (χ2n) is 5.46. The van der Waals surface area contributed by atoms with Crippen molar-refractivity contribution < 1.29 is 8.78 Å². The summed E-state index contributed by atoms with van der Waals surface area (Å²) in [6, 6.07) is 9.80. The van der Waals surface area contributed by atoms with Crippen LogP contribution in [0.4, 0.5) is 20.2 Å². The summed E-state index contributed by atoms with van der Waals surface area (Å²) >= 11 is 0. The van der Waals surface area contributed by atoms with Gasteiger partial charge in [0.05, 0.1) is 11.4 Å². The number of allylic oxidation sites excluding steroid dienone is 4. The van der Waals surface area contributed by atoms with Crippen molar-refractivity contribution in [2.24, 2.45) is 0 Å². The normalized spacial score (nSPS) is 14.6. The molecule has 0 fully saturated rings. The van der Waals surface area contributed by atoms with Gasteiger partial charge in [-0.3, -0.25) is 0 Å². The van der Waals surface area contributed by atoms with E-state index >= 15 is 0 Å². The molecule has 1 heterocycles. The number of halogens is 2. The molecule has 3 heteroatoms. The van der Waals surface area contributed by atoms with Gasteiger partial charge in [0.25, 0.3) is 0 Å². The van der Waals surface area contributed by atoms with Crippen molar-refractivity contribution in [3.63, 3.8) is 0 Å². The fraction of sp³-hybridized carbons (Fsp3) is 0.158. The molecule has 3 rings (SSSR count). The Morgan fingerprint density at radius 3 is 2.41 bits per heavy atom. The zero-order valence-corrected chi connectivity index (χ0v) is 12.5. The lowest BCUT2D eigenvalue weighted by atomic mass is 9.87. The van der Waals surface area contributed by atoms with Crippen molar-refractivity contribution in [1.82, 2.24) is 0 Å². The minimum atomic E-state index is -0.547. The van der Waals surface area contributed by atoms with Crippen molar-refractivity contribution in [1.29, 1.82) is 0 Å². The molecule has 1 nitrogen and oxygen atoms in total. The van der Waals surface area contributed by atoms with Gasteiger partial charge in [0.1, 0.15) is 11.6 Å². The number of rotatable bonds is 4. The molecule has 1 aliphatic rings. The molecule has 0 amide bonds. The van der Waals surface area contributed by atoms with Gasteiger partial charge in [0.15, 0.2) is 0 Å². The van der Waals surface area contributed by atoms with Gasteiger partial charge in [0.2, 0.25) is 0 Å². The fourth-order valence-electron chi connectivity index (χ4n) is 2.61. The Morgan fingerprint density at radius 2 is 1.77 bits per heavy atom. The molecule has 22 heavy (non-hydrogen) atoms. The second-order valence-corrected chi connectivity index (χ2v) is 5.46. The van der Waals surface area contributed by atoms with Crippen LogP contribution in [0.5, 0.6) is 0 Å². The number of hydrogen-bond donors (Lipinski definition) is 1. The van der Waals surface area contributed by atoms with Crippen molar-refractivity contribution in [2.45, 2.75) is 19.8 Å². The molecule has 0 saturated heterocycles. The minimum Gasteiger partial charge on any atom is -0.352 e. The van der Waals surface area contributed by atoms with Gasteiger partial charge in [0, 0.05) is 12.0 Å². The number of anilines is 2. The van der Waals surface area contributed by atoms with Crippen LogP contribution in [0.15, 0.2) is 54.6 Å². The summed E-state index contributed by atoms with van der Waals surface area (Å²) in [4.78, 5) is 0. The van der Waals surface area contributed by atoms with Crippen molar-refractivity contribution >= 4 is 16.9 Å². The smallest absolute Gasteiger partial charge is 0.126 e. The first kappa shape index (κ1) is 14.5. The highest BCUT2D eigenvalue weighted by molar-refractivity contribution is 5.92. The highest BCUT2D eigenvalue weighted by Gasteiger charge is 2.20. The maximum Gasteiger partial charge on any atom is 0.126 e. The topological polar surface area (TPSA) is 21.9 Å². The Labute approximate surface area is 129 Å². The Morgan fingerprint density at radius 1 is 1.05 bits per heavy atom. The van der Waals surface area contributed by atoms with Crippen molar-refractivity contribution in [3.8, 4) is 0 Å². The van der Waals surface area contributed by atoms with E-state index in [1.54, 1.807) is 0 Å². The van der Waals surface area contributed by atoms with Crippen LogP contribution in [-0.4, -0.2) is 0 Å². The Balaban J connectivity index is 2.02. The molecule has 1 N–H and O–H groups in total. The van der Waals surface area contributed by atoms with Gasteiger partial charge in [-0.1, -0.05) is 31.2 Å². The van der Waals surface area contributed by atoms with Crippen LogP contribution < -0.4 is 5.32 Å². The Kier molecular flexibility index (Phi) is 3.80. The molecular weight excluding hydrogens is 280 g/mol. The summed E-state index contributed by atoms with van der Waals surface area (Å²) in [5.41, 5.74) is 4.96. The maximum atomic E-state index is 13.5. The number of benzene rings is 2. The van der Waals surface area contributed by atoms with Crippen LogP contribution in [0.3, 0.4) is 0 Å². The average Bonchev–Trinajstić information content (AvgIpc) is 3.25. The largest absolute Gasteiger partial charge is 0.352 e. The summed E-state index contributed by atoms with van der Waals surface area (Å²) in [7, 11) is 0. The van der Waals surface area contributed by atoms with Crippen molar-refractivity contribution in [2.75, 3.05) is 5.32 Å². The molecule has 1 atom stereocenters. The number of nitrogens with one attached hydrogen (secondary N) is 1. The lowest BCUT2D eigenvalue weighted by Gasteiger charge is -2.17. The van der Waals surface area contributed by atoms with Gasteiger partial charge < -0.3 is 5.32 Å². The van der Waals surface area contributed by atoms with Gasteiger partial charge in [-0.2, -0.15) is 0 Å². The van der Waals surface area contributed by atoms with Crippen LogP contribution in [0, 0.1) is 11.6 Å². The highest BCUT2D eigenvalue weighted by Crippen LogP contribution is 2.42. The van der Waals surface area contributed by atoms with Gasteiger partial charge in [-0.15, -0.1) is 0 Å². The molecule has 0 radical (unpaired) electrons. The summed E-state index contributed by atoms with van der Waals surface area (Å²) in [5.74, 6) is -1.21. The number of hydrogen-bond acceptors (Lipinski definition) is 1. The van der Waals surface area contributed by atoms with Gasteiger partial charge in [-0.05, 0) is 47.9 Å². The summed E-state index contributed by atoms with van der Waals surface area (Å²) in [6.07, 6.45) is 5.88. The predicted molar refractivity (Wildman–Crippen MR) is 87.3 cm³/mol. The van der Waals surface area contributed by atoms with Crippen LogP contribution in [0.1, 0.15) is 30.9 Å². The summed E-state index contributed by atoms with van der Waals surface area (Å²) in [6.45, 7) is 3.90. The molecule has 0 bridgehead atoms. The summed E-state index contributed by atoms with van der Waals surface area (Å²) in [5, 5.41) is 3.17. The first-order valence-corrected chi connectivity index (χ1v) is 7.29. The Bertz CT molecular complexity index is 755.